The highest BCUT2D eigenvalue weighted by Gasteiger charge is 2.07. The average Bonchev–Trinajstić information content (AvgIpc) is 2.54. The van der Waals surface area contributed by atoms with Crippen molar-refractivity contribution in [2.45, 2.75) is 13.3 Å². The first-order valence-electron chi connectivity index (χ1n) is 7.12. The van der Waals surface area contributed by atoms with Crippen LogP contribution in [0, 0.1) is 3.57 Å². The van der Waals surface area contributed by atoms with Crippen LogP contribution >= 0.6 is 22.6 Å². The standard InChI is InChI=1S/C17H16IN3O3/c1-11(9-16(23)19-14-7-5-13(18)6-8-14)20-21-17(24)12-3-2-4-15(22)10-12/h2-8,10,22H,9H2,1H3,(H,19,23)(H,21,24). The molecule has 0 aliphatic carbocycles. The van der Waals surface area contributed by atoms with Crippen LogP contribution in [0.3, 0.4) is 0 Å². The summed E-state index contributed by atoms with van der Waals surface area (Å²) in [6.45, 7) is 1.65. The summed E-state index contributed by atoms with van der Waals surface area (Å²) in [5, 5.41) is 16.0. The van der Waals surface area contributed by atoms with Crippen molar-refractivity contribution in [1.29, 1.82) is 0 Å². The summed E-state index contributed by atoms with van der Waals surface area (Å²) in [5.41, 5.74) is 3.82. The Labute approximate surface area is 153 Å². The Hall–Kier alpha value is -2.42. The number of hydrazone groups is 1. The van der Waals surface area contributed by atoms with E-state index in [1.54, 1.807) is 19.1 Å². The summed E-state index contributed by atoms with van der Waals surface area (Å²) in [6.07, 6.45) is 0.0618. The van der Waals surface area contributed by atoms with Crippen LogP contribution in [0.4, 0.5) is 5.69 Å². The molecule has 24 heavy (non-hydrogen) atoms. The second-order valence-electron chi connectivity index (χ2n) is 5.07. The van der Waals surface area contributed by atoms with E-state index in [-0.39, 0.29) is 23.6 Å². The van der Waals surface area contributed by atoms with Gasteiger partial charge in [0.15, 0.2) is 0 Å². The molecule has 0 aliphatic rings. The number of phenolic OH excluding ortho intramolecular Hbond substituents is 1. The summed E-state index contributed by atoms with van der Waals surface area (Å²) in [7, 11) is 0. The zero-order valence-corrected chi connectivity index (χ0v) is 15.1. The molecular formula is C17H16IN3O3. The molecule has 3 N–H and O–H groups in total. The van der Waals surface area contributed by atoms with E-state index < -0.39 is 5.91 Å². The molecule has 0 saturated heterocycles. The monoisotopic (exact) mass is 437 g/mol. The lowest BCUT2D eigenvalue weighted by Gasteiger charge is -2.06. The highest BCUT2D eigenvalue weighted by atomic mass is 127. The van der Waals surface area contributed by atoms with Crippen molar-refractivity contribution in [3.63, 3.8) is 0 Å². The largest absolute Gasteiger partial charge is 0.508 e. The molecule has 0 unspecified atom stereocenters. The fraction of sp³-hybridized carbons (Fsp3) is 0.118. The molecule has 2 amide bonds. The molecule has 0 fully saturated rings. The van der Waals surface area contributed by atoms with E-state index >= 15 is 0 Å². The van der Waals surface area contributed by atoms with Crippen molar-refractivity contribution in [2.75, 3.05) is 5.32 Å². The second kappa shape index (κ2) is 8.44. The fourth-order valence-corrected chi connectivity index (χ4v) is 2.23. The van der Waals surface area contributed by atoms with E-state index in [0.29, 0.717) is 11.4 Å². The minimum atomic E-state index is -0.455. The highest BCUT2D eigenvalue weighted by molar-refractivity contribution is 14.1. The van der Waals surface area contributed by atoms with E-state index in [4.69, 9.17) is 0 Å². The Morgan fingerprint density at radius 1 is 1.17 bits per heavy atom. The Morgan fingerprint density at radius 3 is 2.54 bits per heavy atom. The summed E-state index contributed by atoms with van der Waals surface area (Å²) < 4.78 is 1.08. The van der Waals surface area contributed by atoms with Crippen LogP contribution in [-0.2, 0) is 4.79 Å². The first-order valence-corrected chi connectivity index (χ1v) is 8.20. The number of phenols is 1. The quantitative estimate of drug-likeness (QED) is 0.382. The number of nitrogens with zero attached hydrogens (tertiary/aromatic N) is 1. The number of nitrogens with one attached hydrogen (secondary N) is 2. The van der Waals surface area contributed by atoms with Crippen LogP contribution in [0.15, 0.2) is 53.6 Å². The summed E-state index contributed by atoms with van der Waals surface area (Å²) in [4.78, 5) is 23.8. The van der Waals surface area contributed by atoms with Crippen LogP contribution in [0.25, 0.3) is 0 Å². The summed E-state index contributed by atoms with van der Waals surface area (Å²) in [6, 6.07) is 13.4. The zero-order chi connectivity index (χ0) is 17.5. The lowest BCUT2D eigenvalue weighted by atomic mass is 10.2. The number of carbonyl (C=O) groups excluding carboxylic acids is 2. The smallest absolute Gasteiger partial charge is 0.271 e. The lowest BCUT2D eigenvalue weighted by molar-refractivity contribution is -0.115. The Balaban J connectivity index is 1.87. The molecule has 0 aliphatic heterocycles. The van der Waals surface area contributed by atoms with Crippen molar-refractivity contribution in [3.05, 3.63) is 57.7 Å². The Morgan fingerprint density at radius 2 is 1.88 bits per heavy atom. The molecule has 0 saturated carbocycles. The minimum absolute atomic E-state index is 0.000233. The van der Waals surface area contributed by atoms with E-state index in [1.165, 1.54) is 12.1 Å². The highest BCUT2D eigenvalue weighted by Crippen LogP contribution is 2.12. The van der Waals surface area contributed by atoms with Gasteiger partial charge in [0.25, 0.3) is 5.91 Å². The molecule has 0 bridgehead atoms. The Kier molecular flexibility index (Phi) is 6.30. The molecule has 0 radical (unpaired) electrons. The van der Waals surface area contributed by atoms with Crippen LogP contribution in [0.1, 0.15) is 23.7 Å². The molecule has 0 aromatic heterocycles. The molecule has 2 aromatic rings. The maximum atomic E-state index is 11.9. The van der Waals surface area contributed by atoms with Crippen LogP contribution < -0.4 is 10.7 Å². The molecule has 2 rings (SSSR count). The maximum Gasteiger partial charge on any atom is 0.271 e. The molecule has 0 heterocycles. The molecule has 124 valence electrons. The number of anilines is 1. The van der Waals surface area contributed by atoms with E-state index in [1.807, 2.05) is 24.3 Å². The van der Waals surface area contributed by atoms with Crippen molar-refractivity contribution >= 4 is 45.8 Å². The van der Waals surface area contributed by atoms with Crippen molar-refractivity contribution < 1.29 is 14.7 Å². The van der Waals surface area contributed by atoms with Gasteiger partial charge in [0.05, 0.1) is 6.42 Å². The first-order chi connectivity index (χ1) is 11.4. The van der Waals surface area contributed by atoms with Gasteiger partial charge in [0, 0.05) is 20.5 Å². The molecule has 0 spiro atoms. The minimum Gasteiger partial charge on any atom is -0.508 e. The van der Waals surface area contributed by atoms with Gasteiger partial charge in [-0.1, -0.05) is 6.07 Å². The van der Waals surface area contributed by atoms with Gasteiger partial charge in [0.2, 0.25) is 5.91 Å². The number of carbonyl (C=O) groups is 2. The topological polar surface area (TPSA) is 90.8 Å². The molecule has 0 atom stereocenters. The predicted octanol–water partition coefficient (Wildman–Crippen LogP) is 3.13. The van der Waals surface area contributed by atoms with Gasteiger partial charge in [-0.3, -0.25) is 9.59 Å². The number of rotatable bonds is 5. The van der Waals surface area contributed by atoms with E-state index in [2.05, 4.69) is 38.4 Å². The number of aromatic hydroxyl groups is 1. The van der Waals surface area contributed by atoms with Crippen molar-refractivity contribution in [3.8, 4) is 5.75 Å². The third-order valence-corrected chi connectivity index (χ3v) is 3.72. The molecule has 2 aromatic carbocycles. The maximum absolute atomic E-state index is 11.9. The van der Waals surface area contributed by atoms with E-state index in [0.717, 1.165) is 3.57 Å². The first kappa shape index (κ1) is 17.9. The lowest BCUT2D eigenvalue weighted by Crippen LogP contribution is -2.21. The SMILES string of the molecule is CC(CC(=O)Nc1ccc(I)cc1)=NNC(=O)c1cccc(O)c1. The number of benzene rings is 2. The van der Waals surface area contributed by atoms with Gasteiger partial charge in [-0.25, -0.2) is 5.43 Å². The van der Waals surface area contributed by atoms with Gasteiger partial charge < -0.3 is 10.4 Å². The second-order valence-corrected chi connectivity index (χ2v) is 6.32. The normalized spacial score (nSPS) is 11.0. The van der Waals surface area contributed by atoms with Crippen LogP contribution in [-0.4, -0.2) is 22.6 Å². The predicted molar refractivity (Wildman–Crippen MR) is 101 cm³/mol. The average molecular weight is 437 g/mol. The van der Waals surface area contributed by atoms with Gasteiger partial charge >= 0.3 is 0 Å². The Bertz CT molecular complexity index is 773. The van der Waals surface area contributed by atoms with Gasteiger partial charge in [-0.2, -0.15) is 5.10 Å². The zero-order valence-electron chi connectivity index (χ0n) is 12.9. The number of hydrogen-bond acceptors (Lipinski definition) is 4. The van der Waals surface area contributed by atoms with Crippen molar-refractivity contribution in [1.82, 2.24) is 5.43 Å². The number of halogens is 1. The van der Waals surface area contributed by atoms with Crippen molar-refractivity contribution in [2.24, 2.45) is 5.10 Å². The summed E-state index contributed by atoms with van der Waals surface area (Å²) in [5.74, 6) is -0.674. The van der Waals surface area contributed by atoms with Gasteiger partial charge in [-0.05, 0) is 72.0 Å². The van der Waals surface area contributed by atoms with Gasteiger partial charge in [-0.15, -0.1) is 0 Å². The number of hydrogen-bond donors (Lipinski definition) is 3. The third-order valence-electron chi connectivity index (χ3n) is 3.00. The number of amides is 2. The van der Waals surface area contributed by atoms with E-state index in [9.17, 15) is 14.7 Å². The van der Waals surface area contributed by atoms with Crippen LogP contribution in [0.5, 0.6) is 5.75 Å². The third kappa shape index (κ3) is 5.65. The van der Waals surface area contributed by atoms with Gasteiger partial charge in [0.1, 0.15) is 5.75 Å². The molecular weight excluding hydrogens is 421 g/mol. The fourth-order valence-electron chi connectivity index (χ4n) is 1.87. The van der Waals surface area contributed by atoms with Crippen LogP contribution in [0.2, 0.25) is 0 Å². The molecule has 6 nitrogen and oxygen atoms in total. The molecule has 7 heteroatoms. The summed E-state index contributed by atoms with van der Waals surface area (Å²) >= 11 is 2.19.